The highest BCUT2D eigenvalue weighted by molar-refractivity contribution is 6.22. The molecular formula is C20H23N3O3. The Morgan fingerprint density at radius 1 is 1.23 bits per heavy atom. The second kappa shape index (κ2) is 6.36. The molecular weight excluding hydrogens is 330 g/mol. The van der Waals surface area contributed by atoms with E-state index in [2.05, 4.69) is 11.9 Å². The SMILES string of the molecule is C=CCN1C(=O)c2ccc(C(=O)N(C)C3CC4CCC(C3)N4)cc2C1=O. The Hall–Kier alpha value is -2.47. The first-order chi connectivity index (χ1) is 12.5. The predicted molar refractivity (Wildman–Crippen MR) is 97.1 cm³/mol. The van der Waals surface area contributed by atoms with Crippen LogP contribution in [-0.2, 0) is 0 Å². The molecule has 136 valence electrons. The molecule has 1 N–H and O–H groups in total. The zero-order chi connectivity index (χ0) is 18.4. The fourth-order valence-electron chi connectivity index (χ4n) is 4.43. The lowest BCUT2D eigenvalue weighted by Gasteiger charge is -2.35. The van der Waals surface area contributed by atoms with E-state index < -0.39 is 0 Å². The van der Waals surface area contributed by atoms with Crippen molar-refractivity contribution in [1.82, 2.24) is 15.1 Å². The first-order valence-corrected chi connectivity index (χ1v) is 9.14. The summed E-state index contributed by atoms with van der Waals surface area (Å²) in [5, 5.41) is 3.58. The zero-order valence-electron chi connectivity index (χ0n) is 14.9. The average Bonchev–Trinajstić information content (AvgIpc) is 3.11. The maximum absolute atomic E-state index is 13.0. The van der Waals surface area contributed by atoms with Crippen molar-refractivity contribution in [2.75, 3.05) is 13.6 Å². The first kappa shape index (κ1) is 17.0. The predicted octanol–water partition coefficient (Wildman–Crippen LogP) is 1.82. The van der Waals surface area contributed by atoms with Gasteiger partial charge in [-0.1, -0.05) is 6.08 Å². The summed E-state index contributed by atoms with van der Waals surface area (Å²) in [7, 11) is 1.84. The standard InChI is InChI=1S/C20H23N3O3/c1-3-8-23-19(25)16-7-4-12(9-17(16)20(23)26)18(24)22(2)15-10-13-5-6-14(11-15)21-13/h3-4,7,9,13-15,21H,1,5-6,8,10-11H2,2H3. The smallest absolute Gasteiger partial charge is 0.261 e. The van der Waals surface area contributed by atoms with Crippen molar-refractivity contribution in [3.63, 3.8) is 0 Å². The van der Waals surface area contributed by atoms with Gasteiger partial charge in [0.25, 0.3) is 17.7 Å². The molecule has 2 fully saturated rings. The lowest BCUT2D eigenvalue weighted by molar-refractivity contribution is 0.0667. The number of imide groups is 1. The van der Waals surface area contributed by atoms with Crippen molar-refractivity contribution < 1.29 is 14.4 Å². The highest BCUT2D eigenvalue weighted by Crippen LogP contribution is 2.30. The third kappa shape index (κ3) is 2.65. The molecule has 6 heteroatoms. The highest BCUT2D eigenvalue weighted by Gasteiger charge is 2.38. The summed E-state index contributed by atoms with van der Waals surface area (Å²) in [6, 6.07) is 6.01. The Morgan fingerprint density at radius 3 is 2.54 bits per heavy atom. The topological polar surface area (TPSA) is 69.7 Å². The molecule has 26 heavy (non-hydrogen) atoms. The summed E-state index contributed by atoms with van der Waals surface area (Å²) in [5.74, 6) is -0.782. The van der Waals surface area contributed by atoms with Crippen LogP contribution in [-0.4, -0.2) is 59.2 Å². The van der Waals surface area contributed by atoms with E-state index in [1.807, 2.05) is 7.05 Å². The molecule has 0 spiro atoms. The third-order valence-electron chi connectivity index (χ3n) is 5.85. The third-order valence-corrected chi connectivity index (χ3v) is 5.85. The van der Waals surface area contributed by atoms with Crippen molar-refractivity contribution in [3.05, 3.63) is 47.5 Å². The fourth-order valence-corrected chi connectivity index (χ4v) is 4.43. The molecule has 1 aromatic rings. The molecule has 0 radical (unpaired) electrons. The largest absolute Gasteiger partial charge is 0.339 e. The van der Waals surface area contributed by atoms with E-state index in [4.69, 9.17) is 0 Å². The lowest BCUT2D eigenvalue weighted by atomic mass is 9.97. The molecule has 2 atom stereocenters. The Balaban J connectivity index is 1.56. The van der Waals surface area contributed by atoms with Gasteiger partial charge in [0.2, 0.25) is 0 Å². The molecule has 1 aromatic carbocycles. The Bertz CT molecular complexity index is 791. The Kier molecular flexibility index (Phi) is 4.15. The van der Waals surface area contributed by atoms with E-state index in [-0.39, 0.29) is 30.3 Å². The molecule has 2 saturated heterocycles. The van der Waals surface area contributed by atoms with Crippen LogP contribution in [0.2, 0.25) is 0 Å². The summed E-state index contributed by atoms with van der Waals surface area (Å²) in [4.78, 5) is 40.7. The van der Waals surface area contributed by atoms with Crippen molar-refractivity contribution in [2.24, 2.45) is 0 Å². The second-order valence-electron chi connectivity index (χ2n) is 7.45. The maximum Gasteiger partial charge on any atom is 0.261 e. The monoisotopic (exact) mass is 353 g/mol. The average molecular weight is 353 g/mol. The van der Waals surface area contributed by atoms with Gasteiger partial charge in [0.15, 0.2) is 0 Å². The number of benzene rings is 1. The van der Waals surface area contributed by atoms with Crippen LogP contribution in [0.5, 0.6) is 0 Å². The minimum absolute atomic E-state index is 0.0958. The quantitative estimate of drug-likeness (QED) is 0.662. The lowest BCUT2D eigenvalue weighted by Crippen LogP contribution is -2.48. The number of carbonyl (C=O) groups is 3. The van der Waals surface area contributed by atoms with Crippen LogP contribution in [0.1, 0.15) is 56.8 Å². The molecule has 2 unspecified atom stereocenters. The van der Waals surface area contributed by atoms with E-state index in [1.54, 1.807) is 23.1 Å². The molecule has 6 nitrogen and oxygen atoms in total. The zero-order valence-corrected chi connectivity index (χ0v) is 14.9. The number of nitrogens with zero attached hydrogens (tertiary/aromatic N) is 2. The molecule has 0 aromatic heterocycles. The number of rotatable bonds is 4. The van der Waals surface area contributed by atoms with Gasteiger partial charge in [-0.05, 0) is 43.9 Å². The number of amides is 3. The number of piperidine rings is 1. The summed E-state index contributed by atoms with van der Waals surface area (Å²) < 4.78 is 0. The van der Waals surface area contributed by atoms with E-state index in [0.29, 0.717) is 28.8 Å². The molecule has 0 saturated carbocycles. The Labute approximate surface area is 152 Å². The summed E-state index contributed by atoms with van der Waals surface area (Å²) in [6.45, 7) is 3.76. The van der Waals surface area contributed by atoms with Crippen molar-refractivity contribution >= 4 is 17.7 Å². The fraction of sp³-hybridized carbons (Fsp3) is 0.450. The Morgan fingerprint density at radius 2 is 1.88 bits per heavy atom. The van der Waals surface area contributed by atoms with Gasteiger partial charge in [-0.15, -0.1) is 6.58 Å². The second-order valence-corrected chi connectivity index (χ2v) is 7.45. The summed E-state index contributed by atoms with van der Waals surface area (Å²) >= 11 is 0. The summed E-state index contributed by atoms with van der Waals surface area (Å²) in [5.41, 5.74) is 1.12. The number of hydrogen-bond acceptors (Lipinski definition) is 4. The minimum atomic E-state index is -0.359. The number of hydrogen-bond donors (Lipinski definition) is 1. The van der Waals surface area contributed by atoms with Gasteiger partial charge in [0.1, 0.15) is 0 Å². The van der Waals surface area contributed by atoms with Gasteiger partial charge in [-0.3, -0.25) is 19.3 Å². The number of fused-ring (bicyclic) bond motifs is 3. The number of nitrogens with one attached hydrogen (secondary N) is 1. The van der Waals surface area contributed by atoms with E-state index in [0.717, 1.165) is 17.7 Å². The highest BCUT2D eigenvalue weighted by atomic mass is 16.2. The molecule has 2 bridgehead atoms. The van der Waals surface area contributed by atoms with Crippen LogP contribution in [0.25, 0.3) is 0 Å². The van der Waals surface area contributed by atoms with Gasteiger partial charge in [0, 0.05) is 37.3 Å². The van der Waals surface area contributed by atoms with Crippen molar-refractivity contribution in [3.8, 4) is 0 Å². The van der Waals surface area contributed by atoms with Crippen LogP contribution in [0, 0.1) is 0 Å². The molecule has 0 aliphatic carbocycles. The van der Waals surface area contributed by atoms with Crippen LogP contribution >= 0.6 is 0 Å². The van der Waals surface area contributed by atoms with Gasteiger partial charge >= 0.3 is 0 Å². The van der Waals surface area contributed by atoms with E-state index in [1.165, 1.54) is 18.9 Å². The summed E-state index contributed by atoms with van der Waals surface area (Å²) in [6.07, 6.45) is 5.81. The van der Waals surface area contributed by atoms with Crippen LogP contribution in [0.15, 0.2) is 30.9 Å². The van der Waals surface area contributed by atoms with E-state index in [9.17, 15) is 14.4 Å². The number of carbonyl (C=O) groups excluding carboxylic acids is 3. The normalized spacial score (nSPS) is 26.8. The minimum Gasteiger partial charge on any atom is -0.339 e. The van der Waals surface area contributed by atoms with Gasteiger partial charge in [0.05, 0.1) is 11.1 Å². The van der Waals surface area contributed by atoms with Crippen molar-refractivity contribution in [1.29, 1.82) is 0 Å². The van der Waals surface area contributed by atoms with E-state index >= 15 is 0 Å². The molecule has 3 aliphatic rings. The van der Waals surface area contributed by atoms with Crippen LogP contribution in [0.3, 0.4) is 0 Å². The van der Waals surface area contributed by atoms with Gasteiger partial charge in [-0.2, -0.15) is 0 Å². The van der Waals surface area contributed by atoms with Gasteiger partial charge < -0.3 is 10.2 Å². The molecule has 4 rings (SSSR count). The maximum atomic E-state index is 13.0. The van der Waals surface area contributed by atoms with Crippen molar-refractivity contribution in [2.45, 2.75) is 43.8 Å². The molecule has 3 aliphatic heterocycles. The van der Waals surface area contributed by atoms with Gasteiger partial charge in [-0.25, -0.2) is 0 Å². The van der Waals surface area contributed by atoms with Crippen LogP contribution < -0.4 is 5.32 Å². The molecule has 3 heterocycles. The van der Waals surface area contributed by atoms with Crippen LogP contribution in [0.4, 0.5) is 0 Å². The first-order valence-electron chi connectivity index (χ1n) is 9.14. The molecule has 3 amide bonds.